The molecule has 1 aliphatic heterocycles. The predicted molar refractivity (Wildman–Crippen MR) is 129 cm³/mol. The standard InChI is InChI=1S/C27H43NO4/c1-19(2)23-14-12-22(13-15-23)17-24(29)16-21(4)25-9-7-10-26(30)28(25)18-20(3)8-5-6-11-27(31)32/h12-15,19-21,24-25,29H,5-11,16-18H2,1-4H3,(H,31,32)/t20-,21-,24?,25+/m0/s1. The minimum atomic E-state index is -0.743. The number of carbonyl (C=O) groups is 2. The molecule has 0 radical (unpaired) electrons. The Morgan fingerprint density at radius 2 is 1.81 bits per heavy atom. The van der Waals surface area contributed by atoms with Crippen LogP contribution in [0.4, 0.5) is 0 Å². The first-order chi connectivity index (χ1) is 15.2. The number of amides is 1. The molecule has 1 aromatic rings. The Kier molecular flexibility index (Phi) is 10.7. The van der Waals surface area contributed by atoms with Crippen LogP contribution in [-0.2, 0) is 16.0 Å². The molecule has 2 N–H and O–H groups in total. The van der Waals surface area contributed by atoms with E-state index >= 15 is 0 Å². The number of unbranched alkanes of at least 4 members (excludes halogenated alkanes) is 1. The molecule has 1 aromatic carbocycles. The van der Waals surface area contributed by atoms with Crippen LogP contribution in [0.3, 0.4) is 0 Å². The number of carboxylic acids is 1. The van der Waals surface area contributed by atoms with Crippen LogP contribution in [0, 0.1) is 11.8 Å². The minimum absolute atomic E-state index is 0.177. The van der Waals surface area contributed by atoms with Crippen LogP contribution < -0.4 is 0 Å². The van der Waals surface area contributed by atoms with E-state index in [1.54, 1.807) is 0 Å². The van der Waals surface area contributed by atoms with E-state index in [9.17, 15) is 14.7 Å². The first-order valence-electron chi connectivity index (χ1n) is 12.5. The molecule has 5 heteroatoms. The fourth-order valence-corrected chi connectivity index (χ4v) is 4.95. The molecule has 1 fully saturated rings. The summed E-state index contributed by atoms with van der Waals surface area (Å²) in [5.41, 5.74) is 2.46. The zero-order valence-corrected chi connectivity index (χ0v) is 20.4. The predicted octanol–water partition coefficient (Wildman–Crippen LogP) is 5.40. The average Bonchev–Trinajstić information content (AvgIpc) is 2.72. The molecular weight excluding hydrogens is 402 g/mol. The number of nitrogens with zero attached hydrogens (tertiary/aromatic N) is 1. The second-order valence-corrected chi connectivity index (χ2v) is 10.2. The number of likely N-dealkylation sites (tertiary alicyclic amines) is 1. The maximum atomic E-state index is 12.7. The van der Waals surface area contributed by atoms with Crippen LogP contribution in [0.1, 0.15) is 96.1 Å². The third kappa shape index (κ3) is 8.57. The number of hydrogen-bond donors (Lipinski definition) is 2. The van der Waals surface area contributed by atoms with Gasteiger partial charge in [-0.1, -0.05) is 58.4 Å². The molecule has 1 heterocycles. The number of carbonyl (C=O) groups excluding carboxylic acids is 1. The fraction of sp³-hybridized carbons (Fsp3) is 0.704. The van der Waals surface area contributed by atoms with Gasteiger partial charge in [-0.25, -0.2) is 0 Å². The van der Waals surface area contributed by atoms with Crippen molar-refractivity contribution >= 4 is 11.9 Å². The Morgan fingerprint density at radius 1 is 1.12 bits per heavy atom. The van der Waals surface area contributed by atoms with Crippen LogP contribution in [0.25, 0.3) is 0 Å². The molecule has 1 unspecified atom stereocenters. The molecule has 5 nitrogen and oxygen atoms in total. The van der Waals surface area contributed by atoms with Crippen molar-refractivity contribution in [2.45, 2.75) is 104 Å². The number of aliphatic hydroxyl groups excluding tert-OH is 1. The minimum Gasteiger partial charge on any atom is -0.481 e. The summed E-state index contributed by atoms with van der Waals surface area (Å²) >= 11 is 0. The van der Waals surface area contributed by atoms with E-state index in [2.05, 4.69) is 56.9 Å². The van der Waals surface area contributed by atoms with Crippen molar-refractivity contribution in [2.75, 3.05) is 6.54 Å². The van der Waals surface area contributed by atoms with Gasteiger partial charge >= 0.3 is 5.97 Å². The molecular formula is C27H43NO4. The molecule has 1 aliphatic rings. The van der Waals surface area contributed by atoms with Crippen LogP contribution in [0.2, 0.25) is 0 Å². The quantitative estimate of drug-likeness (QED) is 0.398. The maximum absolute atomic E-state index is 12.7. The van der Waals surface area contributed by atoms with E-state index in [4.69, 9.17) is 5.11 Å². The van der Waals surface area contributed by atoms with Crippen LogP contribution in [0.5, 0.6) is 0 Å². The van der Waals surface area contributed by atoms with Gasteiger partial charge in [-0.3, -0.25) is 9.59 Å². The molecule has 1 amide bonds. The van der Waals surface area contributed by atoms with Gasteiger partial charge in [0.1, 0.15) is 0 Å². The number of hydrogen-bond acceptors (Lipinski definition) is 3. The average molecular weight is 446 g/mol. The van der Waals surface area contributed by atoms with Crippen molar-refractivity contribution in [3.63, 3.8) is 0 Å². The van der Waals surface area contributed by atoms with Gasteiger partial charge in [0.05, 0.1) is 6.10 Å². The molecule has 180 valence electrons. The SMILES string of the molecule is CC(C)c1ccc(CC(O)C[C@H](C)[C@H]2CCCC(=O)N2C[C@@H](C)CCCCC(=O)O)cc1. The van der Waals surface area contributed by atoms with Gasteiger partial charge in [0.15, 0.2) is 0 Å². The summed E-state index contributed by atoms with van der Waals surface area (Å²) < 4.78 is 0. The largest absolute Gasteiger partial charge is 0.481 e. The first kappa shape index (κ1) is 26.4. The Morgan fingerprint density at radius 3 is 2.44 bits per heavy atom. The number of rotatable bonds is 13. The van der Waals surface area contributed by atoms with E-state index in [0.717, 1.165) is 37.8 Å². The third-order valence-electron chi connectivity index (χ3n) is 6.88. The molecule has 0 aliphatic carbocycles. The molecule has 0 bridgehead atoms. The zero-order valence-electron chi connectivity index (χ0n) is 20.4. The maximum Gasteiger partial charge on any atom is 0.303 e. The summed E-state index contributed by atoms with van der Waals surface area (Å²) in [7, 11) is 0. The van der Waals surface area contributed by atoms with Gasteiger partial charge in [-0.05, 0) is 67.4 Å². The van der Waals surface area contributed by atoms with Crippen LogP contribution in [0.15, 0.2) is 24.3 Å². The van der Waals surface area contributed by atoms with Gasteiger partial charge < -0.3 is 15.1 Å². The van der Waals surface area contributed by atoms with E-state index in [1.807, 2.05) is 0 Å². The van der Waals surface area contributed by atoms with Crippen molar-refractivity contribution in [2.24, 2.45) is 11.8 Å². The van der Waals surface area contributed by atoms with Gasteiger partial charge in [0.25, 0.3) is 0 Å². The molecule has 0 saturated carbocycles. The second-order valence-electron chi connectivity index (χ2n) is 10.2. The molecule has 32 heavy (non-hydrogen) atoms. The monoisotopic (exact) mass is 445 g/mol. The van der Waals surface area contributed by atoms with E-state index < -0.39 is 12.1 Å². The van der Waals surface area contributed by atoms with E-state index in [-0.39, 0.29) is 24.3 Å². The van der Waals surface area contributed by atoms with Crippen molar-refractivity contribution < 1.29 is 19.8 Å². The third-order valence-corrected chi connectivity index (χ3v) is 6.88. The number of carboxylic acid groups (broad SMARTS) is 1. The molecule has 0 aromatic heterocycles. The molecule has 1 saturated heterocycles. The summed E-state index contributed by atoms with van der Waals surface area (Å²) in [5, 5.41) is 19.5. The highest BCUT2D eigenvalue weighted by molar-refractivity contribution is 5.77. The van der Waals surface area contributed by atoms with E-state index in [0.29, 0.717) is 37.5 Å². The van der Waals surface area contributed by atoms with Crippen LogP contribution >= 0.6 is 0 Å². The highest BCUT2D eigenvalue weighted by atomic mass is 16.4. The smallest absolute Gasteiger partial charge is 0.303 e. The molecule has 2 rings (SSSR count). The lowest BCUT2D eigenvalue weighted by Gasteiger charge is -2.41. The lowest BCUT2D eigenvalue weighted by molar-refractivity contribution is -0.139. The summed E-state index contributed by atoms with van der Waals surface area (Å²) in [6.45, 7) is 9.41. The van der Waals surface area contributed by atoms with Crippen molar-refractivity contribution in [1.29, 1.82) is 0 Å². The normalized spacial score (nSPS) is 19.8. The van der Waals surface area contributed by atoms with Crippen LogP contribution in [-0.4, -0.2) is 45.7 Å². The topological polar surface area (TPSA) is 77.8 Å². The Balaban J connectivity index is 1.88. The summed E-state index contributed by atoms with van der Waals surface area (Å²) in [5.74, 6) is 0.577. The molecule has 0 spiro atoms. The Bertz CT molecular complexity index is 715. The lowest BCUT2D eigenvalue weighted by Crippen LogP contribution is -2.49. The van der Waals surface area contributed by atoms with E-state index in [1.165, 1.54) is 5.56 Å². The molecule has 4 atom stereocenters. The number of piperidine rings is 1. The number of aliphatic carboxylic acids is 1. The Labute approximate surface area is 194 Å². The second kappa shape index (κ2) is 13.0. The van der Waals surface area contributed by atoms with Crippen molar-refractivity contribution in [3.8, 4) is 0 Å². The Hall–Kier alpha value is -1.88. The lowest BCUT2D eigenvalue weighted by atomic mass is 9.85. The van der Waals surface area contributed by atoms with Gasteiger partial charge in [-0.15, -0.1) is 0 Å². The first-order valence-corrected chi connectivity index (χ1v) is 12.5. The van der Waals surface area contributed by atoms with Gasteiger partial charge in [0, 0.05) is 25.4 Å². The van der Waals surface area contributed by atoms with Crippen molar-refractivity contribution in [3.05, 3.63) is 35.4 Å². The number of aliphatic hydroxyl groups is 1. The highest BCUT2D eigenvalue weighted by Crippen LogP contribution is 2.29. The summed E-state index contributed by atoms with van der Waals surface area (Å²) in [4.78, 5) is 25.5. The fourth-order valence-electron chi connectivity index (χ4n) is 4.95. The van der Waals surface area contributed by atoms with Gasteiger partial charge in [-0.2, -0.15) is 0 Å². The van der Waals surface area contributed by atoms with Crippen molar-refractivity contribution in [1.82, 2.24) is 4.90 Å². The zero-order chi connectivity index (χ0) is 23.7. The highest BCUT2D eigenvalue weighted by Gasteiger charge is 2.33. The summed E-state index contributed by atoms with van der Waals surface area (Å²) in [6, 6.07) is 8.71. The summed E-state index contributed by atoms with van der Waals surface area (Å²) in [6.07, 6.45) is 6.17. The van der Waals surface area contributed by atoms with Gasteiger partial charge in [0.2, 0.25) is 5.91 Å². The number of benzene rings is 1.